The Labute approximate surface area is 72.0 Å². The van der Waals surface area contributed by atoms with Gasteiger partial charge >= 0.3 is 0 Å². The molecule has 0 heterocycles. The molecule has 0 bridgehead atoms. The van der Waals surface area contributed by atoms with Crippen LogP contribution < -0.4 is 0 Å². The lowest BCUT2D eigenvalue weighted by Gasteiger charge is -2.15. The van der Waals surface area contributed by atoms with Crippen molar-refractivity contribution in [3.8, 4) is 0 Å². The van der Waals surface area contributed by atoms with E-state index in [-0.39, 0.29) is 24.0 Å². The summed E-state index contributed by atoms with van der Waals surface area (Å²) in [6.45, 7) is 6.78. The van der Waals surface area contributed by atoms with Gasteiger partial charge in [0.25, 0.3) is 0 Å². The molecule has 0 aliphatic carbocycles. The van der Waals surface area contributed by atoms with Crippen molar-refractivity contribution in [1.29, 1.82) is 0 Å². The minimum atomic E-state index is 0. The van der Waals surface area contributed by atoms with E-state index in [1.54, 1.807) is 0 Å². The first-order valence-electron chi connectivity index (χ1n) is 2.76. The molecule has 0 aromatic carbocycles. The van der Waals surface area contributed by atoms with Crippen molar-refractivity contribution in [2.75, 3.05) is 6.16 Å². The van der Waals surface area contributed by atoms with E-state index in [1.807, 2.05) is 0 Å². The zero-order valence-corrected chi connectivity index (χ0v) is 9.38. The Morgan fingerprint density at radius 3 is 1.62 bits per heavy atom. The van der Waals surface area contributed by atoms with Gasteiger partial charge in [-0.2, -0.15) is 0 Å². The van der Waals surface area contributed by atoms with Gasteiger partial charge in [0.15, 0.2) is 0 Å². The molecule has 0 N–H and O–H groups in total. The summed E-state index contributed by atoms with van der Waals surface area (Å²) < 4.78 is 0. The topological polar surface area (TPSA) is 0 Å². The quantitative estimate of drug-likeness (QED) is 0.493. The van der Waals surface area contributed by atoms with E-state index in [1.165, 1.54) is 12.6 Å². The highest BCUT2D eigenvalue weighted by atomic mass is 127. The van der Waals surface area contributed by atoms with Gasteiger partial charge in [0, 0.05) is 0 Å². The molecule has 0 aliphatic heterocycles. The van der Waals surface area contributed by atoms with Crippen LogP contribution in [0.15, 0.2) is 0 Å². The molecule has 0 radical (unpaired) electrons. The Kier molecular flexibility index (Phi) is 7.41. The smallest absolute Gasteiger partial charge is 0.0376 e. The van der Waals surface area contributed by atoms with Gasteiger partial charge < -0.3 is 0 Å². The molecule has 0 rings (SSSR count). The summed E-state index contributed by atoms with van der Waals surface area (Å²) in [7, 11) is 2.74. The average Bonchev–Trinajstić information content (AvgIpc) is 1.30. The minimum Gasteiger partial charge on any atom is -0.138 e. The molecule has 0 nitrogen and oxygen atoms in total. The van der Waals surface area contributed by atoms with Crippen LogP contribution in [0.4, 0.5) is 0 Å². The van der Waals surface area contributed by atoms with E-state index >= 15 is 0 Å². The summed E-state index contributed by atoms with van der Waals surface area (Å²) in [5.74, 6) is 0. The fraction of sp³-hybridized carbons (Fsp3) is 1.00. The summed E-state index contributed by atoms with van der Waals surface area (Å²) in [5.41, 5.74) is 0.530. The molecule has 0 fully saturated rings. The molecule has 0 aromatic heterocycles. The van der Waals surface area contributed by atoms with Gasteiger partial charge in [0.1, 0.15) is 0 Å². The fourth-order valence-electron chi connectivity index (χ4n) is 0.433. The van der Waals surface area contributed by atoms with Gasteiger partial charge in [-0.15, -0.1) is 33.2 Å². The molecule has 2 heteroatoms. The van der Waals surface area contributed by atoms with Crippen LogP contribution >= 0.6 is 33.2 Å². The normalized spacial score (nSPS) is 10.5. The highest BCUT2D eigenvalue weighted by Gasteiger charge is 2.06. The Balaban J connectivity index is 0. The SMILES string of the molecule is CC(C)(C)CCP.I. The molecule has 0 saturated heterocycles. The van der Waals surface area contributed by atoms with Crippen molar-refractivity contribution in [3.63, 3.8) is 0 Å². The third-order valence-corrected chi connectivity index (χ3v) is 1.18. The van der Waals surface area contributed by atoms with Crippen molar-refractivity contribution in [2.45, 2.75) is 27.2 Å². The van der Waals surface area contributed by atoms with Crippen molar-refractivity contribution in [1.82, 2.24) is 0 Å². The van der Waals surface area contributed by atoms with Crippen LogP contribution in [-0.4, -0.2) is 6.16 Å². The van der Waals surface area contributed by atoms with Crippen molar-refractivity contribution < 1.29 is 0 Å². The molecule has 52 valence electrons. The molecule has 0 aromatic rings. The summed E-state index contributed by atoms with van der Waals surface area (Å²) >= 11 is 0. The number of hydrogen-bond donors (Lipinski definition) is 0. The summed E-state index contributed by atoms with van der Waals surface area (Å²) in [6, 6.07) is 0. The van der Waals surface area contributed by atoms with E-state index < -0.39 is 0 Å². The largest absolute Gasteiger partial charge is 0.138 e. The first-order chi connectivity index (χ1) is 3.06. The van der Waals surface area contributed by atoms with E-state index in [4.69, 9.17) is 0 Å². The molecular weight excluding hydrogens is 230 g/mol. The molecule has 8 heavy (non-hydrogen) atoms. The Hall–Kier alpha value is 1.16. The lowest BCUT2D eigenvalue weighted by atomic mass is 9.94. The second kappa shape index (κ2) is 4.99. The summed E-state index contributed by atoms with van der Waals surface area (Å²) in [4.78, 5) is 0. The van der Waals surface area contributed by atoms with Gasteiger partial charge in [-0.25, -0.2) is 0 Å². The highest BCUT2D eigenvalue weighted by Crippen LogP contribution is 2.18. The molecule has 0 saturated carbocycles. The lowest BCUT2D eigenvalue weighted by molar-refractivity contribution is 0.401. The lowest BCUT2D eigenvalue weighted by Crippen LogP contribution is -2.04. The van der Waals surface area contributed by atoms with Crippen LogP contribution in [0.3, 0.4) is 0 Å². The van der Waals surface area contributed by atoms with E-state index in [2.05, 4.69) is 30.0 Å². The Bertz CT molecular complexity index is 47.0. The standard InChI is InChI=1S/C6H15P.HI/c1-6(2,3)4-5-7;/h4-5,7H2,1-3H3;1H. The van der Waals surface area contributed by atoms with E-state index in [0.29, 0.717) is 5.41 Å². The first-order valence-corrected chi connectivity index (χ1v) is 3.58. The molecule has 1 atom stereocenters. The zero-order chi connectivity index (χ0) is 5.91. The van der Waals surface area contributed by atoms with Crippen molar-refractivity contribution in [2.24, 2.45) is 5.41 Å². The van der Waals surface area contributed by atoms with E-state index in [0.717, 1.165) is 0 Å². The van der Waals surface area contributed by atoms with Gasteiger partial charge in [-0.3, -0.25) is 0 Å². The Morgan fingerprint density at radius 1 is 1.25 bits per heavy atom. The monoisotopic (exact) mass is 246 g/mol. The maximum atomic E-state index is 2.74. The third-order valence-electron chi connectivity index (χ3n) is 0.894. The van der Waals surface area contributed by atoms with Crippen LogP contribution in [0.5, 0.6) is 0 Å². The maximum Gasteiger partial charge on any atom is -0.0376 e. The third kappa shape index (κ3) is 10.2. The fourth-order valence-corrected chi connectivity index (χ4v) is 1.30. The average molecular weight is 246 g/mol. The second-order valence-corrected chi connectivity index (χ2v) is 3.68. The Morgan fingerprint density at radius 2 is 1.62 bits per heavy atom. The van der Waals surface area contributed by atoms with Crippen LogP contribution in [0.1, 0.15) is 27.2 Å². The number of halogens is 1. The van der Waals surface area contributed by atoms with Gasteiger partial charge in [-0.1, -0.05) is 20.8 Å². The highest BCUT2D eigenvalue weighted by molar-refractivity contribution is 14.0. The van der Waals surface area contributed by atoms with Gasteiger partial charge in [-0.05, 0) is 18.0 Å². The van der Waals surface area contributed by atoms with Gasteiger partial charge in [0.05, 0.1) is 0 Å². The molecule has 1 unspecified atom stereocenters. The van der Waals surface area contributed by atoms with Crippen molar-refractivity contribution in [3.05, 3.63) is 0 Å². The van der Waals surface area contributed by atoms with Gasteiger partial charge in [0.2, 0.25) is 0 Å². The molecule has 0 aliphatic rings. The van der Waals surface area contributed by atoms with Crippen molar-refractivity contribution >= 4 is 33.2 Å². The maximum absolute atomic E-state index is 2.74. The molecule has 0 amide bonds. The summed E-state index contributed by atoms with van der Waals surface area (Å²) in [6.07, 6.45) is 2.53. The number of rotatable bonds is 1. The molecular formula is C6H16IP. The summed E-state index contributed by atoms with van der Waals surface area (Å²) in [5, 5.41) is 0. The number of hydrogen-bond acceptors (Lipinski definition) is 0. The zero-order valence-electron chi connectivity index (χ0n) is 5.90. The second-order valence-electron chi connectivity index (χ2n) is 3.10. The molecule has 0 spiro atoms. The minimum absolute atomic E-state index is 0. The van der Waals surface area contributed by atoms with Crippen LogP contribution in [0.25, 0.3) is 0 Å². The van der Waals surface area contributed by atoms with Crippen LogP contribution in [0, 0.1) is 5.41 Å². The predicted octanol–water partition coefficient (Wildman–Crippen LogP) is 2.92. The van der Waals surface area contributed by atoms with Crippen LogP contribution in [-0.2, 0) is 0 Å². The predicted molar refractivity (Wildman–Crippen MR) is 54.1 cm³/mol. The van der Waals surface area contributed by atoms with Crippen LogP contribution in [0.2, 0.25) is 0 Å². The van der Waals surface area contributed by atoms with E-state index in [9.17, 15) is 0 Å². The first kappa shape index (κ1) is 11.9.